The lowest BCUT2D eigenvalue weighted by Crippen LogP contribution is -2.29. The van der Waals surface area contributed by atoms with E-state index in [1.165, 1.54) is 6.26 Å². The standard InChI is InChI=1S/C12H11Cl3N2O/c13-8-2-1-7(10(14)6-8)5-11(17-16)9-3-4-18-12(9)15/h1-4,6,11,17H,5,16H2. The van der Waals surface area contributed by atoms with Crippen molar-refractivity contribution in [3.05, 3.63) is 56.9 Å². The molecule has 0 saturated heterocycles. The van der Waals surface area contributed by atoms with Crippen molar-refractivity contribution in [3.63, 3.8) is 0 Å². The topological polar surface area (TPSA) is 51.2 Å². The van der Waals surface area contributed by atoms with Gasteiger partial charge in [-0.05, 0) is 41.8 Å². The molecule has 2 aromatic rings. The van der Waals surface area contributed by atoms with Crippen molar-refractivity contribution in [2.45, 2.75) is 12.5 Å². The first-order valence-corrected chi connectivity index (χ1v) is 6.38. The predicted molar refractivity (Wildman–Crippen MR) is 73.9 cm³/mol. The summed E-state index contributed by atoms with van der Waals surface area (Å²) in [7, 11) is 0. The Morgan fingerprint density at radius 1 is 1.22 bits per heavy atom. The van der Waals surface area contributed by atoms with Crippen molar-refractivity contribution in [2.75, 3.05) is 0 Å². The molecule has 0 bridgehead atoms. The quantitative estimate of drug-likeness (QED) is 0.663. The lowest BCUT2D eigenvalue weighted by molar-refractivity contribution is 0.527. The van der Waals surface area contributed by atoms with Crippen LogP contribution in [-0.4, -0.2) is 0 Å². The number of halogens is 3. The van der Waals surface area contributed by atoms with Crippen LogP contribution in [0.5, 0.6) is 0 Å². The van der Waals surface area contributed by atoms with E-state index in [1.54, 1.807) is 18.2 Å². The number of hydrazine groups is 1. The molecule has 1 heterocycles. The van der Waals surface area contributed by atoms with Gasteiger partial charge in [-0.15, -0.1) is 0 Å². The van der Waals surface area contributed by atoms with Crippen LogP contribution in [-0.2, 0) is 6.42 Å². The van der Waals surface area contributed by atoms with Crippen LogP contribution in [0.25, 0.3) is 0 Å². The molecule has 3 N–H and O–H groups in total. The van der Waals surface area contributed by atoms with Gasteiger partial charge in [0, 0.05) is 15.6 Å². The molecule has 0 spiro atoms. The molecule has 0 aliphatic heterocycles. The maximum absolute atomic E-state index is 6.12. The van der Waals surface area contributed by atoms with Gasteiger partial charge in [-0.1, -0.05) is 29.3 Å². The third kappa shape index (κ3) is 2.99. The van der Waals surface area contributed by atoms with Crippen LogP contribution < -0.4 is 11.3 Å². The summed E-state index contributed by atoms with van der Waals surface area (Å²) in [5.74, 6) is 5.54. The van der Waals surface area contributed by atoms with E-state index >= 15 is 0 Å². The number of nitrogens with one attached hydrogen (secondary N) is 1. The largest absolute Gasteiger partial charge is 0.453 e. The predicted octanol–water partition coefficient (Wildman–Crippen LogP) is 3.99. The Labute approximate surface area is 120 Å². The van der Waals surface area contributed by atoms with Crippen molar-refractivity contribution in [1.29, 1.82) is 0 Å². The second-order valence-corrected chi connectivity index (χ2v) is 5.00. The normalized spacial score (nSPS) is 12.7. The third-order valence-corrected chi connectivity index (χ3v) is 3.56. The Balaban J connectivity index is 2.23. The number of rotatable bonds is 4. The highest BCUT2D eigenvalue weighted by molar-refractivity contribution is 6.35. The molecule has 0 aliphatic carbocycles. The Morgan fingerprint density at radius 3 is 2.56 bits per heavy atom. The van der Waals surface area contributed by atoms with Crippen LogP contribution in [0.15, 0.2) is 34.9 Å². The van der Waals surface area contributed by atoms with Gasteiger partial charge in [0.1, 0.15) is 0 Å². The van der Waals surface area contributed by atoms with Gasteiger partial charge in [0.2, 0.25) is 0 Å². The molecule has 1 aromatic carbocycles. The molecular formula is C12H11Cl3N2O. The highest BCUT2D eigenvalue weighted by Crippen LogP contribution is 2.29. The number of furan rings is 1. The molecule has 3 nitrogen and oxygen atoms in total. The highest BCUT2D eigenvalue weighted by Gasteiger charge is 2.17. The van der Waals surface area contributed by atoms with Gasteiger partial charge in [-0.3, -0.25) is 11.3 Å². The molecule has 2 rings (SSSR count). The monoisotopic (exact) mass is 304 g/mol. The summed E-state index contributed by atoms with van der Waals surface area (Å²) in [6.07, 6.45) is 2.11. The summed E-state index contributed by atoms with van der Waals surface area (Å²) in [6.45, 7) is 0. The van der Waals surface area contributed by atoms with E-state index in [4.69, 9.17) is 45.1 Å². The van der Waals surface area contributed by atoms with E-state index in [0.29, 0.717) is 21.7 Å². The van der Waals surface area contributed by atoms with Crippen LogP contribution in [0.1, 0.15) is 17.2 Å². The molecule has 0 amide bonds. The van der Waals surface area contributed by atoms with E-state index in [-0.39, 0.29) is 6.04 Å². The van der Waals surface area contributed by atoms with Crippen molar-refractivity contribution in [2.24, 2.45) is 5.84 Å². The molecule has 0 saturated carbocycles. The van der Waals surface area contributed by atoms with Gasteiger partial charge in [0.25, 0.3) is 0 Å². The first-order valence-electron chi connectivity index (χ1n) is 5.24. The minimum atomic E-state index is -0.171. The molecular weight excluding hydrogens is 295 g/mol. The van der Waals surface area contributed by atoms with Crippen molar-refractivity contribution >= 4 is 34.8 Å². The minimum Gasteiger partial charge on any atom is -0.453 e. The average molecular weight is 306 g/mol. The van der Waals surface area contributed by atoms with Crippen LogP contribution in [0.4, 0.5) is 0 Å². The Bertz CT molecular complexity index is 542. The van der Waals surface area contributed by atoms with Gasteiger partial charge in [-0.2, -0.15) is 0 Å². The number of hydrogen-bond donors (Lipinski definition) is 2. The van der Waals surface area contributed by atoms with E-state index in [2.05, 4.69) is 5.43 Å². The third-order valence-electron chi connectivity index (χ3n) is 2.66. The van der Waals surface area contributed by atoms with E-state index in [9.17, 15) is 0 Å². The Kier molecular flexibility index (Phi) is 4.54. The summed E-state index contributed by atoms with van der Waals surface area (Å²) in [5, 5.41) is 1.52. The van der Waals surface area contributed by atoms with Gasteiger partial charge >= 0.3 is 0 Å². The number of nitrogens with two attached hydrogens (primary N) is 1. The van der Waals surface area contributed by atoms with E-state index < -0.39 is 0 Å². The summed E-state index contributed by atoms with van der Waals surface area (Å²) in [6, 6.07) is 6.95. The Morgan fingerprint density at radius 2 is 2.00 bits per heavy atom. The second kappa shape index (κ2) is 5.95. The van der Waals surface area contributed by atoms with E-state index in [0.717, 1.165) is 11.1 Å². The van der Waals surface area contributed by atoms with Gasteiger partial charge in [0.05, 0.1) is 12.3 Å². The molecule has 96 valence electrons. The van der Waals surface area contributed by atoms with Crippen molar-refractivity contribution < 1.29 is 4.42 Å². The number of hydrogen-bond acceptors (Lipinski definition) is 3. The minimum absolute atomic E-state index is 0.171. The smallest absolute Gasteiger partial charge is 0.197 e. The zero-order valence-electron chi connectivity index (χ0n) is 9.29. The summed E-state index contributed by atoms with van der Waals surface area (Å²) < 4.78 is 5.05. The van der Waals surface area contributed by atoms with Crippen molar-refractivity contribution in [3.8, 4) is 0 Å². The molecule has 1 unspecified atom stereocenters. The summed E-state index contributed by atoms with van der Waals surface area (Å²) in [4.78, 5) is 0. The first kappa shape index (κ1) is 13.7. The molecule has 1 atom stereocenters. The van der Waals surface area contributed by atoms with E-state index in [1.807, 2.05) is 6.07 Å². The zero-order valence-corrected chi connectivity index (χ0v) is 11.6. The molecule has 0 aliphatic rings. The molecule has 6 heteroatoms. The molecule has 1 aromatic heterocycles. The zero-order chi connectivity index (χ0) is 13.1. The molecule has 0 radical (unpaired) electrons. The fourth-order valence-corrected chi connectivity index (χ4v) is 2.45. The molecule has 0 fully saturated rings. The second-order valence-electron chi connectivity index (χ2n) is 3.81. The van der Waals surface area contributed by atoms with Crippen LogP contribution >= 0.6 is 34.8 Å². The Hall–Kier alpha value is -0.710. The maximum Gasteiger partial charge on any atom is 0.197 e. The average Bonchev–Trinajstić information content (AvgIpc) is 2.75. The van der Waals surface area contributed by atoms with Gasteiger partial charge < -0.3 is 4.42 Å². The van der Waals surface area contributed by atoms with Crippen LogP contribution in [0.3, 0.4) is 0 Å². The van der Waals surface area contributed by atoms with Crippen LogP contribution in [0.2, 0.25) is 15.3 Å². The molecule has 18 heavy (non-hydrogen) atoms. The van der Waals surface area contributed by atoms with Crippen molar-refractivity contribution in [1.82, 2.24) is 5.43 Å². The lowest BCUT2D eigenvalue weighted by atomic mass is 10.0. The number of benzene rings is 1. The van der Waals surface area contributed by atoms with Gasteiger partial charge in [-0.25, -0.2) is 0 Å². The summed E-state index contributed by atoms with van der Waals surface area (Å²) >= 11 is 17.9. The first-order chi connectivity index (χ1) is 8.61. The lowest BCUT2D eigenvalue weighted by Gasteiger charge is -2.15. The maximum atomic E-state index is 6.12. The van der Waals surface area contributed by atoms with Crippen LogP contribution in [0, 0.1) is 0 Å². The van der Waals surface area contributed by atoms with Gasteiger partial charge in [0.15, 0.2) is 5.22 Å². The SMILES string of the molecule is NNC(Cc1ccc(Cl)cc1Cl)c1ccoc1Cl. The summed E-state index contributed by atoms with van der Waals surface area (Å²) in [5.41, 5.74) is 4.43. The fourth-order valence-electron chi connectivity index (χ4n) is 1.72. The fraction of sp³-hybridized carbons (Fsp3) is 0.167. The highest BCUT2D eigenvalue weighted by atomic mass is 35.5.